The van der Waals surface area contributed by atoms with Crippen molar-refractivity contribution in [1.29, 1.82) is 0 Å². The second-order valence-electron chi connectivity index (χ2n) is 6.08. The number of hydrogen-bond donors (Lipinski definition) is 0. The Hall–Kier alpha value is -2.44. The van der Waals surface area contributed by atoms with Crippen LogP contribution in [0.3, 0.4) is 0 Å². The number of thioether (sulfide) groups is 1. The van der Waals surface area contributed by atoms with E-state index in [1.54, 1.807) is 10.8 Å². The van der Waals surface area contributed by atoms with E-state index in [4.69, 9.17) is 4.98 Å². The van der Waals surface area contributed by atoms with Crippen LogP contribution in [-0.2, 0) is 5.75 Å². The van der Waals surface area contributed by atoms with Crippen LogP contribution >= 0.6 is 27.7 Å². The van der Waals surface area contributed by atoms with Gasteiger partial charge in [0.15, 0.2) is 5.16 Å². The molecule has 134 valence electrons. The fraction of sp³-hybridized carbons (Fsp3) is 0.0952. The second-order valence-corrected chi connectivity index (χ2v) is 7.87. The molecule has 0 saturated carbocycles. The van der Waals surface area contributed by atoms with Gasteiger partial charge in [-0.15, -0.1) is 0 Å². The molecule has 27 heavy (non-hydrogen) atoms. The lowest BCUT2D eigenvalue weighted by Gasteiger charge is -2.14. The first kappa shape index (κ1) is 17.9. The standard InChI is InChI=1S/C21H16BrN3OS/c1-14-7-6-12-23-19(14)25-20(26)16-9-3-5-11-18(16)24-21(25)27-13-15-8-2-4-10-17(15)22/h2-12H,13H2,1H3. The SMILES string of the molecule is Cc1cccnc1-n1c(SCc2ccccc2Br)nc2ccccc2c1=O. The molecule has 0 bridgehead atoms. The van der Waals surface area contributed by atoms with Gasteiger partial charge in [-0.3, -0.25) is 4.79 Å². The fourth-order valence-corrected chi connectivity index (χ4v) is 4.47. The van der Waals surface area contributed by atoms with E-state index in [1.165, 1.54) is 11.8 Å². The van der Waals surface area contributed by atoms with Crippen molar-refractivity contribution in [1.82, 2.24) is 14.5 Å². The average molecular weight is 438 g/mol. The van der Waals surface area contributed by atoms with Crippen LogP contribution in [0.15, 0.2) is 81.3 Å². The van der Waals surface area contributed by atoms with Gasteiger partial charge in [-0.05, 0) is 42.3 Å². The molecular weight excluding hydrogens is 422 g/mol. The van der Waals surface area contributed by atoms with Crippen molar-refractivity contribution in [2.75, 3.05) is 0 Å². The Labute approximate surface area is 169 Å². The van der Waals surface area contributed by atoms with E-state index in [0.29, 0.717) is 27.6 Å². The van der Waals surface area contributed by atoms with Gasteiger partial charge in [0.1, 0.15) is 5.82 Å². The number of aromatic nitrogens is 3. The molecule has 6 heteroatoms. The molecule has 0 fully saturated rings. The molecule has 0 aliphatic carbocycles. The minimum atomic E-state index is -0.1000. The van der Waals surface area contributed by atoms with Crippen molar-refractivity contribution < 1.29 is 0 Å². The number of fused-ring (bicyclic) bond motifs is 1. The topological polar surface area (TPSA) is 47.8 Å². The second kappa shape index (κ2) is 7.66. The summed E-state index contributed by atoms with van der Waals surface area (Å²) in [5.74, 6) is 1.31. The summed E-state index contributed by atoms with van der Waals surface area (Å²) in [6, 6.07) is 19.3. The summed E-state index contributed by atoms with van der Waals surface area (Å²) < 4.78 is 2.67. The highest BCUT2D eigenvalue weighted by Crippen LogP contribution is 2.27. The number of halogens is 1. The Bertz CT molecular complexity index is 1190. The third-order valence-corrected chi connectivity index (χ3v) is 6.01. The molecule has 2 heterocycles. The van der Waals surface area contributed by atoms with E-state index < -0.39 is 0 Å². The van der Waals surface area contributed by atoms with Crippen LogP contribution in [0.25, 0.3) is 16.7 Å². The Balaban J connectivity index is 1.88. The fourth-order valence-electron chi connectivity index (χ4n) is 2.87. The van der Waals surface area contributed by atoms with Crippen molar-refractivity contribution >= 4 is 38.6 Å². The summed E-state index contributed by atoms with van der Waals surface area (Å²) in [6.07, 6.45) is 1.70. The molecule has 2 aromatic heterocycles. The maximum absolute atomic E-state index is 13.2. The average Bonchev–Trinajstić information content (AvgIpc) is 2.68. The third kappa shape index (κ3) is 3.55. The van der Waals surface area contributed by atoms with Gasteiger partial charge in [-0.25, -0.2) is 14.5 Å². The molecule has 4 nitrogen and oxygen atoms in total. The first-order chi connectivity index (χ1) is 13.1. The molecule has 0 aliphatic rings. The molecule has 4 aromatic rings. The summed E-state index contributed by atoms with van der Waals surface area (Å²) in [7, 11) is 0. The van der Waals surface area contributed by atoms with Crippen LogP contribution in [0, 0.1) is 6.92 Å². The Morgan fingerprint density at radius 2 is 1.81 bits per heavy atom. The minimum absolute atomic E-state index is 0.1000. The summed E-state index contributed by atoms with van der Waals surface area (Å²) in [5, 5.41) is 1.23. The maximum atomic E-state index is 13.2. The lowest BCUT2D eigenvalue weighted by atomic mass is 10.2. The maximum Gasteiger partial charge on any atom is 0.267 e. The van der Waals surface area contributed by atoms with E-state index >= 15 is 0 Å². The largest absolute Gasteiger partial charge is 0.268 e. The number of para-hydroxylation sites is 1. The van der Waals surface area contributed by atoms with Gasteiger partial charge in [-0.1, -0.05) is 64.1 Å². The van der Waals surface area contributed by atoms with Gasteiger partial charge in [0.05, 0.1) is 10.9 Å². The molecule has 0 atom stereocenters. The predicted molar refractivity (Wildman–Crippen MR) is 114 cm³/mol. The number of pyridine rings is 1. The van der Waals surface area contributed by atoms with Crippen LogP contribution in [-0.4, -0.2) is 14.5 Å². The Morgan fingerprint density at radius 1 is 1.04 bits per heavy atom. The lowest BCUT2D eigenvalue weighted by Crippen LogP contribution is -2.23. The van der Waals surface area contributed by atoms with Crippen molar-refractivity contribution in [3.8, 4) is 5.82 Å². The van der Waals surface area contributed by atoms with Crippen LogP contribution < -0.4 is 5.56 Å². The van der Waals surface area contributed by atoms with E-state index in [0.717, 1.165) is 15.6 Å². The summed E-state index contributed by atoms with van der Waals surface area (Å²) in [4.78, 5) is 22.5. The quantitative estimate of drug-likeness (QED) is 0.327. The zero-order chi connectivity index (χ0) is 18.8. The van der Waals surface area contributed by atoms with Gasteiger partial charge in [0.25, 0.3) is 5.56 Å². The molecular formula is C21H16BrN3OS. The highest BCUT2D eigenvalue weighted by atomic mass is 79.9. The molecule has 0 amide bonds. The number of rotatable bonds is 4. The molecule has 0 unspecified atom stereocenters. The van der Waals surface area contributed by atoms with Crippen LogP contribution in [0.2, 0.25) is 0 Å². The third-order valence-electron chi connectivity index (χ3n) is 4.25. The van der Waals surface area contributed by atoms with E-state index in [2.05, 4.69) is 27.0 Å². The smallest absolute Gasteiger partial charge is 0.267 e. The van der Waals surface area contributed by atoms with Gasteiger partial charge in [0, 0.05) is 16.4 Å². The molecule has 0 aliphatic heterocycles. The van der Waals surface area contributed by atoms with Crippen molar-refractivity contribution in [2.24, 2.45) is 0 Å². The number of benzene rings is 2. The predicted octanol–water partition coefficient (Wildman–Crippen LogP) is 5.14. The summed E-state index contributed by atoms with van der Waals surface area (Å²) >= 11 is 5.11. The van der Waals surface area contributed by atoms with E-state index in [-0.39, 0.29) is 5.56 Å². The van der Waals surface area contributed by atoms with Crippen LogP contribution in [0.1, 0.15) is 11.1 Å². The Kier molecular flexibility index (Phi) is 5.09. The highest BCUT2D eigenvalue weighted by molar-refractivity contribution is 9.10. The zero-order valence-corrected chi connectivity index (χ0v) is 17.0. The monoisotopic (exact) mass is 437 g/mol. The van der Waals surface area contributed by atoms with Gasteiger partial charge in [0.2, 0.25) is 0 Å². The first-order valence-electron chi connectivity index (χ1n) is 8.45. The highest BCUT2D eigenvalue weighted by Gasteiger charge is 2.16. The first-order valence-corrected chi connectivity index (χ1v) is 10.2. The summed E-state index contributed by atoms with van der Waals surface area (Å²) in [6.45, 7) is 1.95. The van der Waals surface area contributed by atoms with Crippen molar-refractivity contribution in [3.05, 3.63) is 92.8 Å². The molecule has 0 spiro atoms. The van der Waals surface area contributed by atoms with Crippen molar-refractivity contribution in [3.63, 3.8) is 0 Å². The van der Waals surface area contributed by atoms with E-state index in [1.807, 2.05) is 61.5 Å². The Morgan fingerprint density at radius 3 is 2.63 bits per heavy atom. The molecule has 2 aromatic carbocycles. The van der Waals surface area contributed by atoms with Crippen molar-refractivity contribution in [2.45, 2.75) is 17.8 Å². The normalized spacial score (nSPS) is 11.0. The molecule has 0 saturated heterocycles. The van der Waals surface area contributed by atoms with Gasteiger partial charge < -0.3 is 0 Å². The number of aryl methyl sites for hydroxylation is 1. The van der Waals surface area contributed by atoms with Gasteiger partial charge >= 0.3 is 0 Å². The molecule has 0 radical (unpaired) electrons. The molecule has 4 rings (SSSR count). The number of hydrogen-bond acceptors (Lipinski definition) is 4. The van der Waals surface area contributed by atoms with Gasteiger partial charge in [-0.2, -0.15) is 0 Å². The van der Waals surface area contributed by atoms with Crippen LogP contribution in [0.4, 0.5) is 0 Å². The zero-order valence-electron chi connectivity index (χ0n) is 14.6. The van der Waals surface area contributed by atoms with E-state index in [9.17, 15) is 4.79 Å². The lowest BCUT2D eigenvalue weighted by molar-refractivity contribution is 0.789. The minimum Gasteiger partial charge on any atom is -0.268 e. The van der Waals surface area contributed by atoms with Crippen LogP contribution in [0.5, 0.6) is 0 Å². The number of nitrogens with zero attached hydrogens (tertiary/aromatic N) is 3. The summed E-state index contributed by atoms with van der Waals surface area (Å²) in [5.41, 5.74) is 2.67. The molecule has 0 N–H and O–H groups in total.